The molecule has 0 N–H and O–H groups in total. The van der Waals surface area contributed by atoms with Crippen LogP contribution in [0.25, 0.3) is 10.2 Å². The van der Waals surface area contributed by atoms with Crippen molar-refractivity contribution in [1.82, 2.24) is 9.88 Å². The van der Waals surface area contributed by atoms with Gasteiger partial charge in [-0.1, -0.05) is 24.3 Å². The van der Waals surface area contributed by atoms with Gasteiger partial charge in [0.1, 0.15) is 0 Å². The molecule has 1 aliphatic rings. The summed E-state index contributed by atoms with van der Waals surface area (Å²) >= 11 is 1.74. The average Bonchev–Trinajstić information content (AvgIpc) is 3.22. The van der Waals surface area contributed by atoms with Crippen LogP contribution in [0.4, 0.5) is 10.8 Å². The summed E-state index contributed by atoms with van der Waals surface area (Å²) in [4.78, 5) is 9.69. The average molecular weight is 428 g/mol. The smallest absolute Gasteiger partial charge is 0.191 e. The number of benzene rings is 2. The van der Waals surface area contributed by atoms with Crippen molar-refractivity contribution in [3.63, 3.8) is 0 Å². The Morgan fingerprint density at radius 1 is 1.07 bits per heavy atom. The fourth-order valence-corrected chi connectivity index (χ4v) is 4.76. The summed E-state index contributed by atoms with van der Waals surface area (Å²) in [5, 5.41) is 0.999. The van der Waals surface area contributed by atoms with Crippen molar-refractivity contribution in [2.45, 2.75) is 13.3 Å². The zero-order valence-electron chi connectivity index (χ0n) is 17.9. The molecule has 0 amide bonds. The van der Waals surface area contributed by atoms with Crippen LogP contribution in [0.3, 0.4) is 0 Å². The third-order valence-electron chi connectivity index (χ3n) is 5.50. The van der Waals surface area contributed by atoms with E-state index in [1.807, 2.05) is 12.1 Å². The molecule has 2 heterocycles. The Balaban J connectivity index is 1.67. The van der Waals surface area contributed by atoms with Gasteiger partial charge >= 0.3 is 0 Å². The molecule has 0 spiro atoms. The Morgan fingerprint density at radius 2 is 1.87 bits per heavy atom. The van der Waals surface area contributed by atoms with Crippen molar-refractivity contribution in [1.29, 1.82) is 0 Å². The first-order valence-electron chi connectivity index (χ1n) is 10.4. The van der Waals surface area contributed by atoms with Gasteiger partial charge < -0.3 is 19.1 Å². The van der Waals surface area contributed by atoms with Gasteiger partial charge in [0.25, 0.3) is 0 Å². The standard InChI is InChI=1S/C23H29N3O3S/c1-4-17-5-7-19-22(15-17)30-23(24-19)26(10-9-25-11-13-29-14-12-25)18-6-8-20(27-2)21(16-18)28-3/h5-8,15-16H,4,9-14H2,1-3H3. The number of anilines is 2. The Hall–Kier alpha value is -2.35. The molecule has 2 aromatic carbocycles. The molecule has 0 bridgehead atoms. The number of hydrogen-bond donors (Lipinski definition) is 0. The molecule has 0 unspecified atom stereocenters. The van der Waals surface area contributed by atoms with Crippen molar-refractivity contribution < 1.29 is 14.2 Å². The fourth-order valence-electron chi connectivity index (χ4n) is 3.69. The summed E-state index contributed by atoms with van der Waals surface area (Å²) in [5.74, 6) is 1.45. The highest BCUT2D eigenvalue weighted by Gasteiger charge is 2.19. The highest BCUT2D eigenvalue weighted by Crippen LogP contribution is 2.37. The van der Waals surface area contributed by atoms with Crippen molar-refractivity contribution in [3.05, 3.63) is 42.0 Å². The Bertz CT molecular complexity index is 985. The lowest BCUT2D eigenvalue weighted by atomic mass is 10.2. The SMILES string of the molecule is CCc1ccc2nc(N(CCN3CCOCC3)c3ccc(OC)c(OC)c3)sc2c1. The molecule has 0 aliphatic carbocycles. The minimum Gasteiger partial charge on any atom is -0.493 e. The van der Waals surface area contributed by atoms with E-state index in [0.29, 0.717) is 0 Å². The van der Waals surface area contributed by atoms with Gasteiger partial charge in [-0.25, -0.2) is 4.98 Å². The van der Waals surface area contributed by atoms with E-state index in [0.717, 1.165) is 73.6 Å². The zero-order chi connectivity index (χ0) is 20.9. The Morgan fingerprint density at radius 3 is 2.60 bits per heavy atom. The van der Waals surface area contributed by atoms with E-state index in [9.17, 15) is 0 Å². The molecule has 1 fully saturated rings. The number of methoxy groups -OCH3 is 2. The highest BCUT2D eigenvalue weighted by molar-refractivity contribution is 7.22. The van der Waals surface area contributed by atoms with E-state index < -0.39 is 0 Å². The summed E-state index contributed by atoms with van der Waals surface area (Å²) in [7, 11) is 3.33. The van der Waals surface area contributed by atoms with Gasteiger partial charge in [-0.15, -0.1) is 0 Å². The highest BCUT2D eigenvalue weighted by atomic mass is 32.1. The first kappa shape index (κ1) is 20.9. The third kappa shape index (κ3) is 4.53. The molecule has 1 aliphatic heterocycles. The van der Waals surface area contributed by atoms with E-state index in [1.54, 1.807) is 25.6 Å². The quantitative estimate of drug-likeness (QED) is 0.533. The molecule has 6 nitrogen and oxygen atoms in total. The number of morpholine rings is 1. The van der Waals surface area contributed by atoms with Crippen LogP contribution in [-0.2, 0) is 11.2 Å². The zero-order valence-corrected chi connectivity index (χ0v) is 18.7. The second-order valence-electron chi connectivity index (χ2n) is 7.30. The van der Waals surface area contributed by atoms with Crippen LogP contribution in [0.15, 0.2) is 36.4 Å². The fraction of sp³-hybridized carbons (Fsp3) is 0.435. The van der Waals surface area contributed by atoms with E-state index in [4.69, 9.17) is 19.2 Å². The molecule has 160 valence electrons. The van der Waals surface area contributed by atoms with Gasteiger partial charge in [-0.05, 0) is 36.2 Å². The first-order valence-corrected chi connectivity index (χ1v) is 11.2. The maximum atomic E-state index is 5.55. The van der Waals surface area contributed by atoms with E-state index in [2.05, 4.69) is 41.0 Å². The number of rotatable bonds is 8. The molecule has 4 rings (SSSR count). The lowest BCUT2D eigenvalue weighted by Crippen LogP contribution is -2.40. The summed E-state index contributed by atoms with van der Waals surface area (Å²) < 4.78 is 17.7. The van der Waals surface area contributed by atoms with Gasteiger partial charge in [0.15, 0.2) is 16.6 Å². The lowest BCUT2D eigenvalue weighted by Gasteiger charge is -2.30. The number of aromatic nitrogens is 1. The van der Waals surface area contributed by atoms with Crippen LogP contribution in [0.1, 0.15) is 12.5 Å². The molecule has 0 radical (unpaired) electrons. The molecule has 3 aromatic rings. The molecule has 1 saturated heterocycles. The summed E-state index contributed by atoms with van der Waals surface area (Å²) in [6, 6.07) is 12.6. The van der Waals surface area contributed by atoms with Crippen molar-refractivity contribution in [3.8, 4) is 11.5 Å². The van der Waals surface area contributed by atoms with Gasteiger partial charge in [0.05, 0.1) is 37.6 Å². The number of fused-ring (bicyclic) bond motifs is 1. The predicted molar refractivity (Wildman–Crippen MR) is 123 cm³/mol. The molecular weight excluding hydrogens is 398 g/mol. The van der Waals surface area contributed by atoms with Crippen LogP contribution in [-0.4, -0.2) is 63.5 Å². The lowest BCUT2D eigenvalue weighted by molar-refractivity contribution is 0.0394. The maximum Gasteiger partial charge on any atom is 0.191 e. The number of ether oxygens (including phenoxy) is 3. The van der Waals surface area contributed by atoms with Crippen LogP contribution < -0.4 is 14.4 Å². The number of hydrogen-bond acceptors (Lipinski definition) is 7. The minimum atomic E-state index is 0.723. The van der Waals surface area contributed by atoms with Crippen LogP contribution in [0.2, 0.25) is 0 Å². The van der Waals surface area contributed by atoms with Crippen LogP contribution >= 0.6 is 11.3 Å². The monoisotopic (exact) mass is 427 g/mol. The molecule has 7 heteroatoms. The predicted octanol–water partition coefficient (Wildman–Crippen LogP) is 4.35. The number of aryl methyl sites for hydroxylation is 1. The summed E-state index contributed by atoms with van der Waals surface area (Å²) in [6.45, 7) is 7.53. The Kier molecular flexibility index (Phi) is 6.72. The largest absolute Gasteiger partial charge is 0.493 e. The number of thiazole rings is 1. The molecule has 1 aromatic heterocycles. The molecule has 0 saturated carbocycles. The van der Waals surface area contributed by atoms with Crippen LogP contribution in [0, 0.1) is 0 Å². The summed E-state index contributed by atoms with van der Waals surface area (Å²) in [6.07, 6.45) is 1.03. The van der Waals surface area contributed by atoms with Gasteiger partial charge in [-0.3, -0.25) is 4.90 Å². The van der Waals surface area contributed by atoms with Crippen molar-refractivity contribution >= 4 is 32.4 Å². The Labute approximate surface area is 182 Å². The van der Waals surface area contributed by atoms with Crippen molar-refractivity contribution in [2.24, 2.45) is 0 Å². The first-order chi connectivity index (χ1) is 14.7. The number of nitrogens with zero attached hydrogens (tertiary/aromatic N) is 3. The van der Waals surface area contributed by atoms with E-state index in [1.165, 1.54) is 10.3 Å². The second kappa shape index (κ2) is 9.64. The molecule has 0 atom stereocenters. The third-order valence-corrected chi connectivity index (χ3v) is 6.54. The van der Waals surface area contributed by atoms with Gasteiger partial charge in [0.2, 0.25) is 0 Å². The van der Waals surface area contributed by atoms with Crippen molar-refractivity contribution in [2.75, 3.05) is 58.5 Å². The maximum absolute atomic E-state index is 5.55. The summed E-state index contributed by atoms with van der Waals surface area (Å²) in [5.41, 5.74) is 3.43. The second-order valence-corrected chi connectivity index (χ2v) is 8.31. The van der Waals surface area contributed by atoms with Gasteiger partial charge in [-0.2, -0.15) is 0 Å². The topological polar surface area (TPSA) is 47.1 Å². The minimum absolute atomic E-state index is 0.723. The van der Waals surface area contributed by atoms with Crippen LogP contribution in [0.5, 0.6) is 11.5 Å². The molecule has 30 heavy (non-hydrogen) atoms. The molecular formula is C23H29N3O3S. The normalized spacial score (nSPS) is 14.8. The van der Waals surface area contributed by atoms with E-state index in [-0.39, 0.29) is 0 Å². The van der Waals surface area contributed by atoms with Gasteiger partial charge in [0, 0.05) is 37.9 Å². The van der Waals surface area contributed by atoms with E-state index >= 15 is 0 Å².